The Morgan fingerprint density at radius 2 is 2.14 bits per heavy atom. The van der Waals surface area contributed by atoms with Gasteiger partial charge in [0, 0.05) is 29.3 Å². The molecule has 0 bridgehead atoms. The first kappa shape index (κ1) is 17.3. The Morgan fingerprint density at radius 3 is 3.00 bits per heavy atom. The monoisotopic (exact) mass is 409 g/mol. The van der Waals surface area contributed by atoms with E-state index in [9.17, 15) is 9.59 Å². The molecule has 3 aromatic heterocycles. The van der Waals surface area contributed by atoms with Crippen LogP contribution in [-0.2, 0) is 24.3 Å². The Labute approximate surface area is 168 Å². The van der Waals surface area contributed by atoms with Gasteiger partial charge < -0.3 is 4.74 Å². The molecular weight excluding hydrogens is 394 g/mol. The Kier molecular flexibility index (Phi) is 4.29. The number of nitrogens with zero attached hydrogens (tertiary/aromatic N) is 3. The maximum Gasteiger partial charge on any atom is 0.338 e. The highest BCUT2D eigenvalue weighted by molar-refractivity contribution is 7.14. The van der Waals surface area contributed by atoms with E-state index in [4.69, 9.17) is 4.74 Å². The van der Waals surface area contributed by atoms with E-state index in [1.54, 1.807) is 34.1 Å². The van der Waals surface area contributed by atoms with E-state index < -0.39 is 5.97 Å². The summed E-state index contributed by atoms with van der Waals surface area (Å²) in [5.74, 6) is 0.334. The molecule has 1 aliphatic heterocycles. The number of thiophene rings is 1. The molecule has 4 aromatic rings. The molecule has 4 heterocycles. The number of aromatic nitrogens is 3. The van der Waals surface area contributed by atoms with Gasteiger partial charge in [-0.2, -0.15) is 11.3 Å². The van der Waals surface area contributed by atoms with E-state index in [2.05, 4.69) is 9.97 Å². The smallest absolute Gasteiger partial charge is 0.338 e. The molecule has 140 valence electrons. The zero-order valence-electron chi connectivity index (χ0n) is 14.8. The predicted molar refractivity (Wildman–Crippen MR) is 109 cm³/mol. The number of carbonyl (C=O) groups excluding carboxylic acids is 1. The lowest BCUT2D eigenvalue weighted by molar-refractivity contribution is 0.0468. The topological polar surface area (TPSA) is 74.1 Å². The van der Waals surface area contributed by atoms with Crippen molar-refractivity contribution < 1.29 is 9.53 Å². The maximum atomic E-state index is 12.5. The summed E-state index contributed by atoms with van der Waals surface area (Å²) in [7, 11) is 0. The highest BCUT2D eigenvalue weighted by atomic mass is 32.1. The van der Waals surface area contributed by atoms with Crippen LogP contribution in [0.2, 0.25) is 0 Å². The molecule has 0 amide bonds. The first-order valence-electron chi connectivity index (χ1n) is 8.86. The van der Waals surface area contributed by atoms with Crippen molar-refractivity contribution in [2.45, 2.75) is 26.0 Å². The van der Waals surface area contributed by atoms with E-state index in [0.29, 0.717) is 23.0 Å². The fraction of sp³-hybridized carbons (Fsp3) is 0.200. The average molecular weight is 409 g/mol. The van der Waals surface area contributed by atoms with Crippen LogP contribution >= 0.6 is 22.7 Å². The van der Waals surface area contributed by atoms with Crippen molar-refractivity contribution in [3.8, 4) is 10.6 Å². The number of fused-ring (bicyclic) bond motifs is 2. The molecule has 0 unspecified atom stereocenters. The number of aryl methyl sites for hydroxylation is 1. The largest absolute Gasteiger partial charge is 0.456 e. The number of hydrogen-bond donors (Lipinski definition) is 0. The highest BCUT2D eigenvalue weighted by Crippen LogP contribution is 2.26. The summed E-state index contributed by atoms with van der Waals surface area (Å²) in [4.78, 5) is 34.0. The van der Waals surface area contributed by atoms with Gasteiger partial charge >= 0.3 is 5.97 Å². The van der Waals surface area contributed by atoms with Gasteiger partial charge in [-0.3, -0.25) is 9.36 Å². The Morgan fingerprint density at radius 1 is 1.21 bits per heavy atom. The van der Waals surface area contributed by atoms with Crippen molar-refractivity contribution in [1.82, 2.24) is 14.5 Å². The van der Waals surface area contributed by atoms with Gasteiger partial charge in [-0.25, -0.2) is 14.8 Å². The third-order valence-corrected chi connectivity index (χ3v) is 6.35. The van der Waals surface area contributed by atoms with Crippen LogP contribution in [0.5, 0.6) is 0 Å². The fourth-order valence-corrected chi connectivity index (χ4v) is 4.84. The molecule has 0 atom stereocenters. The van der Waals surface area contributed by atoms with E-state index in [1.165, 1.54) is 11.3 Å². The molecule has 0 N–H and O–H groups in total. The lowest BCUT2D eigenvalue weighted by Crippen LogP contribution is -2.21. The molecule has 0 saturated heterocycles. The van der Waals surface area contributed by atoms with Gasteiger partial charge in [0.1, 0.15) is 17.4 Å². The van der Waals surface area contributed by atoms with Crippen LogP contribution in [0.15, 0.2) is 45.2 Å². The lowest BCUT2D eigenvalue weighted by Gasteiger charge is -2.07. The quantitative estimate of drug-likeness (QED) is 0.478. The number of rotatable bonds is 4. The number of esters is 1. The minimum Gasteiger partial charge on any atom is -0.456 e. The lowest BCUT2D eigenvalue weighted by atomic mass is 10.1. The molecule has 0 fully saturated rings. The maximum absolute atomic E-state index is 12.5. The summed E-state index contributed by atoms with van der Waals surface area (Å²) < 4.78 is 7.13. The standard InChI is InChI=1S/C20H15N3O3S2/c24-19-15-4-3-12(8-16(15)22-17-2-1-6-23(17)19)20(25)26-9-14-11-28-18(21-14)13-5-7-27-10-13/h3-5,7-8,10-11H,1-2,6,9H2. The van der Waals surface area contributed by atoms with Crippen LogP contribution in [0.1, 0.15) is 28.3 Å². The number of carbonyl (C=O) groups is 1. The summed E-state index contributed by atoms with van der Waals surface area (Å²) in [5, 5.41) is 7.38. The molecule has 0 saturated carbocycles. The Hall–Kier alpha value is -2.84. The number of ether oxygens (including phenoxy) is 1. The summed E-state index contributed by atoms with van der Waals surface area (Å²) in [6, 6.07) is 6.93. The van der Waals surface area contributed by atoms with E-state index in [1.807, 2.05) is 22.2 Å². The number of hydrogen-bond acceptors (Lipinski definition) is 7. The van der Waals surface area contributed by atoms with Crippen molar-refractivity contribution in [2.75, 3.05) is 0 Å². The van der Waals surface area contributed by atoms with E-state index in [0.717, 1.165) is 34.9 Å². The molecule has 1 aliphatic rings. The minimum absolute atomic E-state index is 0.0409. The van der Waals surface area contributed by atoms with E-state index >= 15 is 0 Å². The van der Waals surface area contributed by atoms with Crippen molar-refractivity contribution in [3.05, 3.63) is 67.8 Å². The van der Waals surface area contributed by atoms with Crippen LogP contribution in [-0.4, -0.2) is 20.5 Å². The van der Waals surface area contributed by atoms with Crippen molar-refractivity contribution >= 4 is 39.5 Å². The second-order valence-electron chi connectivity index (χ2n) is 6.55. The van der Waals surface area contributed by atoms with Gasteiger partial charge in [0.05, 0.1) is 22.2 Å². The van der Waals surface area contributed by atoms with Crippen molar-refractivity contribution in [2.24, 2.45) is 0 Å². The molecule has 6 nitrogen and oxygen atoms in total. The number of benzene rings is 1. The second kappa shape index (κ2) is 6.96. The molecule has 1 aromatic carbocycles. The molecular formula is C20H15N3O3S2. The van der Waals surface area contributed by atoms with Crippen LogP contribution in [0, 0.1) is 0 Å². The second-order valence-corrected chi connectivity index (χ2v) is 8.19. The first-order valence-corrected chi connectivity index (χ1v) is 10.7. The van der Waals surface area contributed by atoms with Gasteiger partial charge in [-0.05, 0) is 36.1 Å². The van der Waals surface area contributed by atoms with Crippen LogP contribution in [0.3, 0.4) is 0 Å². The molecule has 0 radical (unpaired) electrons. The fourth-order valence-electron chi connectivity index (χ4n) is 3.33. The highest BCUT2D eigenvalue weighted by Gasteiger charge is 2.17. The molecule has 5 rings (SSSR count). The molecule has 8 heteroatoms. The third-order valence-electron chi connectivity index (χ3n) is 4.72. The Balaban J connectivity index is 1.35. The van der Waals surface area contributed by atoms with Crippen LogP contribution in [0.25, 0.3) is 21.5 Å². The normalized spacial score (nSPS) is 13.0. The molecule has 0 spiro atoms. The zero-order valence-corrected chi connectivity index (χ0v) is 16.4. The van der Waals surface area contributed by atoms with Gasteiger partial charge in [0.15, 0.2) is 0 Å². The van der Waals surface area contributed by atoms with Gasteiger partial charge in [0.25, 0.3) is 5.56 Å². The Bertz CT molecular complexity index is 1240. The average Bonchev–Trinajstić information content (AvgIpc) is 3.46. The van der Waals surface area contributed by atoms with Gasteiger partial charge in [0.2, 0.25) is 0 Å². The number of thiazole rings is 1. The minimum atomic E-state index is -0.450. The molecule has 28 heavy (non-hydrogen) atoms. The van der Waals surface area contributed by atoms with Gasteiger partial charge in [-0.15, -0.1) is 11.3 Å². The summed E-state index contributed by atoms with van der Waals surface area (Å²) in [5.41, 5.74) is 2.68. The van der Waals surface area contributed by atoms with Crippen molar-refractivity contribution in [3.63, 3.8) is 0 Å². The molecule has 0 aliphatic carbocycles. The van der Waals surface area contributed by atoms with Crippen LogP contribution < -0.4 is 5.56 Å². The van der Waals surface area contributed by atoms with E-state index in [-0.39, 0.29) is 12.2 Å². The summed E-state index contributed by atoms with van der Waals surface area (Å²) in [6.07, 6.45) is 1.71. The summed E-state index contributed by atoms with van der Waals surface area (Å²) >= 11 is 3.15. The summed E-state index contributed by atoms with van der Waals surface area (Å²) in [6.45, 7) is 0.819. The van der Waals surface area contributed by atoms with Crippen molar-refractivity contribution in [1.29, 1.82) is 0 Å². The van der Waals surface area contributed by atoms with Crippen LogP contribution in [0.4, 0.5) is 0 Å². The third kappa shape index (κ3) is 3.04. The van der Waals surface area contributed by atoms with Gasteiger partial charge in [-0.1, -0.05) is 0 Å². The predicted octanol–water partition coefficient (Wildman–Crippen LogP) is 3.88. The first-order chi connectivity index (χ1) is 13.7. The zero-order chi connectivity index (χ0) is 19.1. The SMILES string of the molecule is O=C(OCc1csc(-c2ccsc2)n1)c1ccc2c(=O)n3c(nc2c1)CCC3.